The first-order valence-corrected chi connectivity index (χ1v) is 9.45. The van der Waals surface area contributed by atoms with Crippen molar-refractivity contribution in [2.45, 2.75) is 30.3 Å². The summed E-state index contributed by atoms with van der Waals surface area (Å²) >= 11 is 3.12. The highest BCUT2D eigenvalue weighted by molar-refractivity contribution is 9.10. The molecule has 1 saturated heterocycles. The second-order valence-corrected chi connectivity index (χ2v) is 8.01. The van der Waals surface area contributed by atoms with Crippen molar-refractivity contribution in [1.82, 2.24) is 4.31 Å². The molecule has 0 atom stereocenters. The Bertz CT molecular complexity index is 604. The van der Waals surface area contributed by atoms with Gasteiger partial charge in [-0.3, -0.25) is 0 Å². The highest BCUT2D eigenvalue weighted by atomic mass is 79.9. The SMILES string of the molecule is NCCCOC1CCN(S(=O)(=O)c2ccc(Br)cc2F)CC1. The van der Waals surface area contributed by atoms with Gasteiger partial charge >= 0.3 is 0 Å². The Morgan fingerprint density at radius 2 is 2.05 bits per heavy atom. The van der Waals surface area contributed by atoms with Gasteiger partial charge in [-0.25, -0.2) is 12.8 Å². The quantitative estimate of drug-likeness (QED) is 0.749. The number of benzene rings is 1. The van der Waals surface area contributed by atoms with Crippen LogP contribution in [0.5, 0.6) is 0 Å². The number of ether oxygens (including phenoxy) is 1. The maximum atomic E-state index is 13.9. The molecule has 124 valence electrons. The number of hydrogen-bond acceptors (Lipinski definition) is 4. The Labute approximate surface area is 138 Å². The Balaban J connectivity index is 2.00. The summed E-state index contributed by atoms with van der Waals surface area (Å²) in [5.74, 6) is -0.740. The molecule has 1 aliphatic rings. The molecule has 0 saturated carbocycles. The fourth-order valence-corrected chi connectivity index (χ4v) is 4.24. The molecular weight excluding hydrogens is 375 g/mol. The second-order valence-electron chi connectivity index (χ2n) is 5.19. The van der Waals surface area contributed by atoms with E-state index in [9.17, 15) is 12.8 Å². The van der Waals surface area contributed by atoms with Gasteiger partial charge in [-0.05, 0) is 44.0 Å². The van der Waals surface area contributed by atoms with Gasteiger partial charge in [-0.1, -0.05) is 15.9 Å². The van der Waals surface area contributed by atoms with Gasteiger partial charge in [-0.15, -0.1) is 0 Å². The van der Waals surface area contributed by atoms with E-state index in [4.69, 9.17) is 10.5 Å². The molecule has 1 aliphatic heterocycles. The van der Waals surface area contributed by atoms with Crippen molar-refractivity contribution in [2.75, 3.05) is 26.2 Å². The third-order valence-corrected chi connectivity index (χ3v) is 6.04. The third-order valence-electron chi connectivity index (χ3n) is 3.61. The molecule has 22 heavy (non-hydrogen) atoms. The average Bonchev–Trinajstić information content (AvgIpc) is 2.47. The molecule has 0 bridgehead atoms. The summed E-state index contributed by atoms with van der Waals surface area (Å²) < 4.78 is 46.4. The van der Waals surface area contributed by atoms with Crippen molar-refractivity contribution in [1.29, 1.82) is 0 Å². The summed E-state index contributed by atoms with van der Waals surface area (Å²) in [6.07, 6.45) is 2.07. The average molecular weight is 395 g/mol. The largest absolute Gasteiger partial charge is 0.378 e. The lowest BCUT2D eigenvalue weighted by molar-refractivity contribution is 0.0208. The summed E-state index contributed by atoms with van der Waals surface area (Å²) in [6, 6.07) is 3.98. The minimum atomic E-state index is -3.80. The lowest BCUT2D eigenvalue weighted by Crippen LogP contribution is -2.41. The van der Waals surface area contributed by atoms with Crippen molar-refractivity contribution in [3.63, 3.8) is 0 Å². The standard InChI is InChI=1S/C14H20BrFN2O3S/c15-11-2-3-14(13(16)10-11)22(19,20)18-7-4-12(5-8-18)21-9-1-6-17/h2-3,10,12H,1,4-9,17H2. The third kappa shape index (κ3) is 4.26. The summed E-state index contributed by atoms with van der Waals surface area (Å²) in [7, 11) is -3.80. The Hall–Kier alpha value is -0.540. The molecular formula is C14H20BrFN2O3S. The van der Waals surface area contributed by atoms with Crippen LogP contribution in [0.15, 0.2) is 27.6 Å². The number of nitrogens with zero attached hydrogens (tertiary/aromatic N) is 1. The van der Waals surface area contributed by atoms with Gasteiger partial charge in [0.2, 0.25) is 10.0 Å². The molecule has 5 nitrogen and oxygen atoms in total. The number of halogens is 2. The van der Waals surface area contributed by atoms with Crippen LogP contribution in [-0.4, -0.2) is 45.1 Å². The highest BCUT2D eigenvalue weighted by Crippen LogP contribution is 2.25. The molecule has 2 rings (SSSR count). The number of hydrogen-bond donors (Lipinski definition) is 1. The molecule has 1 aromatic rings. The minimum absolute atomic E-state index is 0.0489. The fourth-order valence-electron chi connectivity index (χ4n) is 2.40. The topological polar surface area (TPSA) is 72.6 Å². The summed E-state index contributed by atoms with van der Waals surface area (Å²) in [6.45, 7) is 1.85. The van der Waals surface area contributed by atoms with Crippen LogP contribution in [0.1, 0.15) is 19.3 Å². The number of nitrogens with two attached hydrogens (primary N) is 1. The Morgan fingerprint density at radius 3 is 2.64 bits per heavy atom. The van der Waals surface area contributed by atoms with Crippen LogP contribution in [0.2, 0.25) is 0 Å². The molecule has 0 aromatic heterocycles. The lowest BCUT2D eigenvalue weighted by Gasteiger charge is -2.31. The lowest BCUT2D eigenvalue weighted by atomic mass is 10.1. The monoisotopic (exact) mass is 394 g/mol. The molecule has 0 amide bonds. The summed E-state index contributed by atoms with van der Waals surface area (Å²) in [5.41, 5.74) is 5.41. The predicted molar refractivity (Wildman–Crippen MR) is 85.5 cm³/mol. The van der Waals surface area contributed by atoms with E-state index in [-0.39, 0.29) is 11.0 Å². The summed E-state index contributed by atoms with van der Waals surface area (Å²) in [4.78, 5) is -0.279. The van der Waals surface area contributed by atoms with Gasteiger partial charge in [-0.2, -0.15) is 4.31 Å². The van der Waals surface area contributed by atoms with Crippen LogP contribution in [0.25, 0.3) is 0 Å². The molecule has 1 aromatic carbocycles. The van der Waals surface area contributed by atoms with E-state index in [0.717, 1.165) is 12.5 Å². The van der Waals surface area contributed by atoms with Crippen LogP contribution in [0, 0.1) is 5.82 Å². The zero-order valence-electron chi connectivity index (χ0n) is 12.2. The first-order valence-electron chi connectivity index (χ1n) is 7.22. The number of piperidine rings is 1. The molecule has 1 fully saturated rings. The van der Waals surface area contributed by atoms with Crippen molar-refractivity contribution in [3.05, 3.63) is 28.5 Å². The Morgan fingerprint density at radius 1 is 1.36 bits per heavy atom. The van der Waals surface area contributed by atoms with Crippen LogP contribution in [-0.2, 0) is 14.8 Å². The number of rotatable bonds is 6. The molecule has 0 aliphatic carbocycles. The van der Waals surface area contributed by atoms with Crippen molar-refractivity contribution < 1.29 is 17.5 Å². The molecule has 2 N–H and O–H groups in total. The van der Waals surface area contributed by atoms with Gasteiger partial charge in [0.25, 0.3) is 0 Å². The van der Waals surface area contributed by atoms with Gasteiger partial charge in [0.05, 0.1) is 6.10 Å². The van der Waals surface area contributed by atoms with E-state index in [2.05, 4.69) is 15.9 Å². The van der Waals surface area contributed by atoms with Crippen molar-refractivity contribution in [2.24, 2.45) is 5.73 Å². The van der Waals surface area contributed by atoms with Crippen LogP contribution in [0.3, 0.4) is 0 Å². The maximum absolute atomic E-state index is 13.9. The van der Waals surface area contributed by atoms with Crippen LogP contribution < -0.4 is 5.73 Å². The maximum Gasteiger partial charge on any atom is 0.245 e. The first kappa shape index (κ1) is 17.8. The minimum Gasteiger partial charge on any atom is -0.378 e. The van der Waals surface area contributed by atoms with E-state index >= 15 is 0 Å². The highest BCUT2D eigenvalue weighted by Gasteiger charge is 2.31. The summed E-state index contributed by atoms with van der Waals surface area (Å²) in [5, 5.41) is 0. The van der Waals surface area contributed by atoms with Gasteiger partial charge in [0, 0.05) is 24.2 Å². The Kier molecular flexibility index (Phi) is 6.34. The molecule has 0 spiro atoms. The van der Waals surface area contributed by atoms with Crippen molar-refractivity contribution in [3.8, 4) is 0 Å². The smallest absolute Gasteiger partial charge is 0.245 e. The molecule has 0 unspecified atom stereocenters. The zero-order chi connectivity index (χ0) is 16.2. The zero-order valence-corrected chi connectivity index (χ0v) is 14.6. The van der Waals surface area contributed by atoms with Gasteiger partial charge in [0.15, 0.2) is 0 Å². The van der Waals surface area contributed by atoms with Gasteiger partial charge < -0.3 is 10.5 Å². The van der Waals surface area contributed by atoms with Crippen LogP contribution in [0.4, 0.5) is 4.39 Å². The van der Waals surface area contributed by atoms with Gasteiger partial charge in [0.1, 0.15) is 10.7 Å². The number of sulfonamides is 1. The van der Waals surface area contributed by atoms with E-state index in [1.807, 2.05) is 0 Å². The second kappa shape index (κ2) is 7.83. The molecule has 0 radical (unpaired) electrons. The predicted octanol–water partition coefficient (Wildman–Crippen LogP) is 2.11. The van der Waals surface area contributed by atoms with E-state index in [0.29, 0.717) is 43.6 Å². The first-order chi connectivity index (χ1) is 10.4. The van der Waals surface area contributed by atoms with E-state index < -0.39 is 15.8 Å². The van der Waals surface area contributed by atoms with Crippen molar-refractivity contribution >= 4 is 26.0 Å². The van der Waals surface area contributed by atoms with E-state index in [1.54, 1.807) is 0 Å². The van der Waals surface area contributed by atoms with Crippen LogP contribution >= 0.6 is 15.9 Å². The molecule has 8 heteroatoms. The fraction of sp³-hybridized carbons (Fsp3) is 0.571. The van der Waals surface area contributed by atoms with E-state index in [1.165, 1.54) is 16.4 Å². The normalized spacial score (nSPS) is 17.8. The molecule has 1 heterocycles.